The molecular formula is C36H72O6. The van der Waals surface area contributed by atoms with Gasteiger partial charge in [-0.15, -0.1) is 0 Å². The Morgan fingerprint density at radius 1 is 0.643 bits per heavy atom. The predicted octanol–water partition coefficient (Wildman–Crippen LogP) is 9.41. The van der Waals surface area contributed by atoms with Gasteiger partial charge in [0, 0.05) is 6.61 Å². The van der Waals surface area contributed by atoms with Crippen LogP contribution in [-0.4, -0.2) is 61.4 Å². The molecule has 0 fully saturated rings. The lowest BCUT2D eigenvalue weighted by Gasteiger charge is -2.43. The van der Waals surface area contributed by atoms with Crippen molar-refractivity contribution in [1.82, 2.24) is 0 Å². The van der Waals surface area contributed by atoms with Gasteiger partial charge in [0.15, 0.2) is 0 Å². The maximum absolute atomic E-state index is 12.9. The second-order valence-electron chi connectivity index (χ2n) is 17.3. The molecule has 252 valence electrons. The molecule has 0 rings (SSSR count). The van der Waals surface area contributed by atoms with E-state index in [1.807, 2.05) is 0 Å². The van der Waals surface area contributed by atoms with Gasteiger partial charge in [0.1, 0.15) is 6.61 Å². The lowest BCUT2D eigenvalue weighted by atomic mass is 9.72. The van der Waals surface area contributed by atoms with Crippen molar-refractivity contribution in [2.24, 2.45) is 22.2 Å². The van der Waals surface area contributed by atoms with Crippen LogP contribution in [0.25, 0.3) is 0 Å². The third-order valence-corrected chi connectivity index (χ3v) is 8.62. The summed E-state index contributed by atoms with van der Waals surface area (Å²) in [5, 5.41) is 0. The highest BCUT2D eigenvalue weighted by atomic mass is 16.6. The summed E-state index contributed by atoms with van der Waals surface area (Å²) >= 11 is 0. The van der Waals surface area contributed by atoms with E-state index in [9.17, 15) is 4.79 Å². The van der Waals surface area contributed by atoms with Crippen LogP contribution in [0.5, 0.6) is 0 Å². The zero-order valence-corrected chi connectivity index (χ0v) is 31.0. The van der Waals surface area contributed by atoms with Crippen molar-refractivity contribution in [2.75, 3.05) is 26.4 Å². The van der Waals surface area contributed by atoms with Crippen molar-refractivity contribution >= 4 is 5.97 Å². The fourth-order valence-corrected chi connectivity index (χ4v) is 4.76. The number of rotatable bonds is 20. The smallest absolute Gasteiger partial charge is 0.309 e. The highest BCUT2D eigenvalue weighted by molar-refractivity contribution is 5.73. The first kappa shape index (κ1) is 41.3. The Morgan fingerprint density at radius 2 is 1.17 bits per heavy atom. The third-order valence-electron chi connectivity index (χ3n) is 8.62. The van der Waals surface area contributed by atoms with Crippen LogP contribution in [0.3, 0.4) is 0 Å². The summed E-state index contributed by atoms with van der Waals surface area (Å²) in [6, 6.07) is 0. The van der Waals surface area contributed by atoms with E-state index in [2.05, 4.69) is 118 Å². The number of hydrogen-bond donors (Lipinski definition) is 0. The average molecular weight is 601 g/mol. The predicted molar refractivity (Wildman–Crippen MR) is 176 cm³/mol. The molecule has 0 heterocycles. The van der Waals surface area contributed by atoms with Gasteiger partial charge in [-0.05, 0) is 111 Å². The maximum atomic E-state index is 12.9. The van der Waals surface area contributed by atoms with E-state index in [1.54, 1.807) is 0 Å². The third kappa shape index (κ3) is 17.6. The molecule has 2 atom stereocenters. The van der Waals surface area contributed by atoms with Gasteiger partial charge in [-0.25, -0.2) is 0 Å². The second kappa shape index (κ2) is 16.6. The van der Waals surface area contributed by atoms with Crippen LogP contribution < -0.4 is 0 Å². The van der Waals surface area contributed by atoms with Gasteiger partial charge in [0.25, 0.3) is 0 Å². The average Bonchev–Trinajstić information content (AvgIpc) is 2.76. The Hall–Kier alpha value is -0.690. The molecule has 0 spiro atoms. The summed E-state index contributed by atoms with van der Waals surface area (Å²) in [5.74, 6) is -0.273. The summed E-state index contributed by atoms with van der Waals surface area (Å²) in [6.45, 7) is 38.4. The molecule has 0 aromatic heterocycles. The normalized spacial score (nSPS) is 15.7. The molecule has 6 heteroatoms. The van der Waals surface area contributed by atoms with Gasteiger partial charge < -0.3 is 23.7 Å². The second-order valence-corrected chi connectivity index (χ2v) is 17.3. The molecule has 0 aliphatic rings. The van der Waals surface area contributed by atoms with Crippen molar-refractivity contribution in [1.29, 1.82) is 0 Å². The lowest BCUT2D eigenvalue weighted by molar-refractivity contribution is -0.158. The summed E-state index contributed by atoms with van der Waals surface area (Å²) < 4.78 is 30.4. The molecule has 6 nitrogen and oxygen atoms in total. The molecule has 0 bridgehead atoms. The summed E-state index contributed by atoms with van der Waals surface area (Å²) in [7, 11) is 0. The molecule has 0 aromatic rings. The molecule has 0 radical (unpaired) electrons. The highest BCUT2D eigenvalue weighted by Gasteiger charge is 2.39. The monoisotopic (exact) mass is 601 g/mol. The van der Waals surface area contributed by atoms with Crippen molar-refractivity contribution in [3.05, 3.63) is 0 Å². The summed E-state index contributed by atoms with van der Waals surface area (Å²) in [4.78, 5) is 12.9. The van der Waals surface area contributed by atoms with Crippen LogP contribution in [0, 0.1) is 22.2 Å². The zero-order chi connectivity index (χ0) is 33.2. The highest BCUT2D eigenvalue weighted by Crippen LogP contribution is 2.39. The quantitative estimate of drug-likeness (QED) is 0.102. The van der Waals surface area contributed by atoms with E-state index in [0.29, 0.717) is 13.2 Å². The van der Waals surface area contributed by atoms with Gasteiger partial charge in [-0.2, -0.15) is 0 Å². The topological polar surface area (TPSA) is 63.2 Å². The van der Waals surface area contributed by atoms with Crippen molar-refractivity contribution in [2.45, 2.75) is 179 Å². The molecule has 2 unspecified atom stereocenters. The Labute approximate surface area is 261 Å². The lowest BCUT2D eigenvalue weighted by Crippen LogP contribution is -2.44. The Kier molecular flexibility index (Phi) is 16.3. The van der Waals surface area contributed by atoms with Crippen molar-refractivity contribution in [3.63, 3.8) is 0 Å². The Morgan fingerprint density at radius 3 is 1.67 bits per heavy atom. The van der Waals surface area contributed by atoms with Crippen LogP contribution in [0.2, 0.25) is 0 Å². The minimum absolute atomic E-state index is 0.00714. The largest absolute Gasteiger partial charge is 0.463 e. The van der Waals surface area contributed by atoms with Gasteiger partial charge in [0.05, 0.1) is 48.1 Å². The van der Waals surface area contributed by atoms with Crippen LogP contribution in [0.1, 0.15) is 150 Å². The van der Waals surface area contributed by atoms with E-state index < -0.39 is 0 Å². The number of ether oxygens (including phenoxy) is 5. The van der Waals surface area contributed by atoms with Crippen LogP contribution >= 0.6 is 0 Å². The molecule has 0 saturated carbocycles. The number of hydrogen-bond acceptors (Lipinski definition) is 6. The molecule has 0 N–H and O–H groups in total. The van der Waals surface area contributed by atoms with Crippen LogP contribution in [0.4, 0.5) is 0 Å². The fourth-order valence-electron chi connectivity index (χ4n) is 4.76. The molecule has 0 aliphatic carbocycles. The first-order valence-electron chi connectivity index (χ1n) is 16.4. The van der Waals surface area contributed by atoms with Gasteiger partial charge >= 0.3 is 5.97 Å². The zero-order valence-electron chi connectivity index (χ0n) is 31.0. The van der Waals surface area contributed by atoms with E-state index in [4.69, 9.17) is 23.7 Å². The van der Waals surface area contributed by atoms with Gasteiger partial charge in [0.2, 0.25) is 0 Å². The van der Waals surface area contributed by atoms with Crippen LogP contribution in [0.15, 0.2) is 0 Å². The van der Waals surface area contributed by atoms with E-state index >= 15 is 0 Å². The molecule has 0 saturated heterocycles. The summed E-state index contributed by atoms with van der Waals surface area (Å²) in [5.41, 5.74) is -0.995. The minimum Gasteiger partial charge on any atom is -0.463 e. The molecule has 0 aromatic carbocycles. The van der Waals surface area contributed by atoms with E-state index in [1.165, 1.54) is 0 Å². The first-order valence-corrected chi connectivity index (χ1v) is 16.4. The van der Waals surface area contributed by atoms with E-state index in [0.717, 1.165) is 38.7 Å². The van der Waals surface area contributed by atoms with Gasteiger partial charge in [-0.1, -0.05) is 55.4 Å². The Balaban J connectivity index is 4.59. The fraction of sp³-hybridized carbons (Fsp3) is 0.972. The van der Waals surface area contributed by atoms with Crippen molar-refractivity contribution < 1.29 is 28.5 Å². The first-order chi connectivity index (χ1) is 18.7. The molecule has 42 heavy (non-hydrogen) atoms. The van der Waals surface area contributed by atoms with Crippen LogP contribution in [-0.2, 0) is 28.5 Å². The van der Waals surface area contributed by atoms with Crippen molar-refractivity contribution in [3.8, 4) is 0 Å². The van der Waals surface area contributed by atoms with Gasteiger partial charge in [-0.3, -0.25) is 4.79 Å². The van der Waals surface area contributed by atoms with E-state index in [-0.39, 0.29) is 63.8 Å². The minimum atomic E-state index is -0.372. The Bertz CT molecular complexity index is 767. The number of carbonyl (C=O) groups is 1. The summed E-state index contributed by atoms with van der Waals surface area (Å²) in [6.07, 6.45) is 4.70. The maximum Gasteiger partial charge on any atom is 0.309 e. The molecule has 0 aliphatic heterocycles. The number of carbonyl (C=O) groups excluding carboxylic acids is 1. The molecular weight excluding hydrogens is 528 g/mol. The molecule has 0 amide bonds. The SMILES string of the molecule is CC(C)OCCC(C)(C)C(C)(C)OC(C)CCC(C)(C)OCCC(C)(C)OCCOC(=O)C(CC(C)(C)C)C(C)(C)C. The standard InChI is InChI=1S/C36H72O6/c1-27(2)38-22-20-33(10,11)36(16,17)42-28(3)18-19-34(12,13)40-23-21-35(14,15)41-25-24-39-30(37)29(32(7,8)9)26-31(4,5)6/h27-29H,18-26H2,1-17H3. The number of esters is 1.